The maximum atomic E-state index is 5.65. The molecule has 0 aromatic heterocycles. The SMILES string of the molecule is CN(c1cccc(CN)c1)C1CCCOC1. The second-order valence-electron chi connectivity index (χ2n) is 4.36. The molecule has 3 nitrogen and oxygen atoms in total. The van der Waals surface area contributed by atoms with E-state index < -0.39 is 0 Å². The van der Waals surface area contributed by atoms with Crippen LogP contribution in [0.15, 0.2) is 24.3 Å². The number of hydrogen-bond donors (Lipinski definition) is 1. The molecule has 1 heterocycles. The van der Waals surface area contributed by atoms with Gasteiger partial charge in [0.2, 0.25) is 0 Å². The average Bonchev–Trinajstić information content (AvgIpc) is 2.39. The Labute approximate surface area is 97.2 Å². The van der Waals surface area contributed by atoms with Crippen molar-refractivity contribution < 1.29 is 4.74 Å². The zero-order chi connectivity index (χ0) is 11.4. The Morgan fingerprint density at radius 3 is 3.06 bits per heavy atom. The summed E-state index contributed by atoms with van der Waals surface area (Å²) >= 11 is 0. The van der Waals surface area contributed by atoms with Crippen LogP contribution in [0.1, 0.15) is 18.4 Å². The molecule has 1 unspecified atom stereocenters. The fourth-order valence-electron chi connectivity index (χ4n) is 2.14. The summed E-state index contributed by atoms with van der Waals surface area (Å²) in [6.07, 6.45) is 2.37. The van der Waals surface area contributed by atoms with Crippen molar-refractivity contribution in [1.82, 2.24) is 0 Å². The first-order valence-corrected chi connectivity index (χ1v) is 5.91. The van der Waals surface area contributed by atoms with Gasteiger partial charge in [-0.15, -0.1) is 0 Å². The lowest BCUT2D eigenvalue weighted by atomic mass is 10.1. The second-order valence-corrected chi connectivity index (χ2v) is 4.36. The molecular weight excluding hydrogens is 200 g/mol. The molecule has 16 heavy (non-hydrogen) atoms. The summed E-state index contributed by atoms with van der Waals surface area (Å²) < 4.78 is 5.51. The lowest BCUT2D eigenvalue weighted by Crippen LogP contribution is -2.38. The first kappa shape index (κ1) is 11.4. The molecule has 1 aromatic carbocycles. The van der Waals surface area contributed by atoms with E-state index in [1.165, 1.54) is 17.7 Å². The van der Waals surface area contributed by atoms with Crippen molar-refractivity contribution in [3.05, 3.63) is 29.8 Å². The normalized spacial score (nSPS) is 20.8. The minimum atomic E-state index is 0.502. The van der Waals surface area contributed by atoms with Crippen LogP contribution < -0.4 is 10.6 Å². The standard InChI is InChI=1S/C13H20N2O/c1-15(13-6-3-7-16-10-13)12-5-2-4-11(8-12)9-14/h2,4-5,8,13H,3,6-7,9-10,14H2,1H3. The van der Waals surface area contributed by atoms with Gasteiger partial charge in [0.25, 0.3) is 0 Å². The number of nitrogens with zero attached hydrogens (tertiary/aromatic N) is 1. The number of nitrogens with two attached hydrogens (primary N) is 1. The molecule has 0 aliphatic carbocycles. The fraction of sp³-hybridized carbons (Fsp3) is 0.538. The van der Waals surface area contributed by atoms with Crippen molar-refractivity contribution in [3.63, 3.8) is 0 Å². The fourth-order valence-corrected chi connectivity index (χ4v) is 2.14. The second kappa shape index (κ2) is 5.32. The number of anilines is 1. The minimum Gasteiger partial charge on any atom is -0.379 e. The van der Waals surface area contributed by atoms with E-state index in [2.05, 4.69) is 36.2 Å². The Morgan fingerprint density at radius 2 is 2.38 bits per heavy atom. The van der Waals surface area contributed by atoms with Crippen LogP contribution in [0.3, 0.4) is 0 Å². The van der Waals surface area contributed by atoms with Gasteiger partial charge in [-0.25, -0.2) is 0 Å². The summed E-state index contributed by atoms with van der Waals surface area (Å²) in [5, 5.41) is 0. The van der Waals surface area contributed by atoms with Crippen LogP contribution in [0.25, 0.3) is 0 Å². The van der Waals surface area contributed by atoms with Crippen LogP contribution in [-0.2, 0) is 11.3 Å². The highest BCUT2D eigenvalue weighted by molar-refractivity contribution is 5.48. The van der Waals surface area contributed by atoms with Crippen molar-refractivity contribution in [1.29, 1.82) is 0 Å². The molecule has 88 valence electrons. The van der Waals surface area contributed by atoms with Gasteiger partial charge >= 0.3 is 0 Å². The Bertz CT molecular complexity index is 334. The van der Waals surface area contributed by atoms with Crippen LogP contribution in [-0.4, -0.2) is 26.3 Å². The summed E-state index contributed by atoms with van der Waals surface area (Å²) in [6.45, 7) is 2.35. The van der Waals surface area contributed by atoms with E-state index in [0.29, 0.717) is 12.6 Å². The first-order valence-electron chi connectivity index (χ1n) is 5.91. The molecular formula is C13H20N2O. The van der Waals surface area contributed by atoms with E-state index in [-0.39, 0.29) is 0 Å². The third-order valence-corrected chi connectivity index (χ3v) is 3.24. The molecule has 0 saturated carbocycles. The van der Waals surface area contributed by atoms with E-state index in [1.807, 2.05) is 0 Å². The van der Waals surface area contributed by atoms with Crippen LogP contribution in [0.5, 0.6) is 0 Å². The molecule has 1 saturated heterocycles. The zero-order valence-corrected chi connectivity index (χ0v) is 9.86. The van der Waals surface area contributed by atoms with Crippen molar-refractivity contribution in [2.45, 2.75) is 25.4 Å². The van der Waals surface area contributed by atoms with Gasteiger partial charge in [0.05, 0.1) is 12.6 Å². The maximum Gasteiger partial charge on any atom is 0.0669 e. The van der Waals surface area contributed by atoms with E-state index >= 15 is 0 Å². The van der Waals surface area contributed by atoms with Crippen molar-refractivity contribution in [3.8, 4) is 0 Å². The predicted molar refractivity (Wildman–Crippen MR) is 66.6 cm³/mol. The van der Waals surface area contributed by atoms with E-state index in [0.717, 1.165) is 19.6 Å². The molecule has 0 spiro atoms. The third-order valence-electron chi connectivity index (χ3n) is 3.24. The van der Waals surface area contributed by atoms with Gasteiger partial charge in [-0.3, -0.25) is 0 Å². The topological polar surface area (TPSA) is 38.5 Å². The molecule has 0 amide bonds. The van der Waals surface area contributed by atoms with Gasteiger partial charge in [0.1, 0.15) is 0 Å². The Morgan fingerprint density at radius 1 is 1.50 bits per heavy atom. The highest BCUT2D eigenvalue weighted by Crippen LogP contribution is 2.21. The maximum absolute atomic E-state index is 5.65. The van der Waals surface area contributed by atoms with Gasteiger partial charge < -0.3 is 15.4 Å². The molecule has 1 aliphatic rings. The van der Waals surface area contributed by atoms with Gasteiger partial charge in [-0.1, -0.05) is 12.1 Å². The predicted octanol–water partition coefficient (Wildman–Crippen LogP) is 1.76. The molecule has 1 atom stereocenters. The molecule has 3 heteroatoms. The largest absolute Gasteiger partial charge is 0.379 e. The number of benzene rings is 1. The van der Waals surface area contributed by atoms with E-state index in [1.54, 1.807) is 0 Å². The summed E-state index contributed by atoms with van der Waals surface area (Å²) in [7, 11) is 2.13. The highest BCUT2D eigenvalue weighted by atomic mass is 16.5. The van der Waals surface area contributed by atoms with Crippen LogP contribution in [0, 0.1) is 0 Å². The Kier molecular flexibility index (Phi) is 3.80. The van der Waals surface area contributed by atoms with Crippen molar-refractivity contribution in [2.24, 2.45) is 5.73 Å². The summed E-state index contributed by atoms with van der Waals surface area (Å²) in [5.41, 5.74) is 8.07. The van der Waals surface area contributed by atoms with E-state index in [4.69, 9.17) is 10.5 Å². The van der Waals surface area contributed by atoms with E-state index in [9.17, 15) is 0 Å². The molecule has 1 aromatic rings. The van der Waals surface area contributed by atoms with Gasteiger partial charge in [-0.05, 0) is 30.5 Å². The summed E-state index contributed by atoms with van der Waals surface area (Å²) in [6, 6.07) is 8.93. The number of likely N-dealkylation sites (N-methyl/N-ethyl adjacent to an activating group) is 1. The van der Waals surface area contributed by atoms with Crippen molar-refractivity contribution in [2.75, 3.05) is 25.2 Å². The first-order chi connectivity index (χ1) is 7.81. The molecule has 1 fully saturated rings. The number of rotatable bonds is 3. The summed E-state index contributed by atoms with van der Waals surface area (Å²) in [5.74, 6) is 0. The third kappa shape index (κ3) is 2.54. The molecule has 2 N–H and O–H groups in total. The smallest absolute Gasteiger partial charge is 0.0669 e. The van der Waals surface area contributed by atoms with Gasteiger partial charge in [0, 0.05) is 25.9 Å². The van der Waals surface area contributed by atoms with Gasteiger partial charge in [-0.2, -0.15) is 0 Å². The molecule has 0 radical (unpaired) electrons. The average molecular weight is 220 g/mol. The molecule has 2 rings (SSSR count). The summed E-state index contributed by atoms with van der Waals surface area (Å²) in [4.78, 5) is 2.30. The quantitative estimate of drug-likeness (QED) is 0.843. The van der Waals surface area contributed by atoms with Crippen LogP contribution in [0.2, 0.25) is 0 Å². The Hall–Kier alpha value is -1.06. The Balaban J connectivity index is 2.09. The molecule has 1 aliphatic heterocycles. The molecule has 0 bridgehead atoms. The van der Waals surface area contributed by atoms with Crippen LogP contribution >= 0.6 is 0 Å². The monoisotopic (exact) mass is 220 g/mol. The number of hydrogen-bond acceptors (Lipinski definition) is 3. The lowest BCUT2D eigenvalue weighted by Gasteiger charge is -2.33. The minimum absolute atomic E-state index is 0.502. The number of ether oxygens (including phenoxy) is 1. The van der Waals surface area contributed by atoms with Crippen LogP contribution in [0.4, 0.5) is 5.69 Å². The highest BCUT2D eigenvalue weighted by Gasteiger charge is 2.18. The van der Waals surface area contributed by atoms with Gasteiger partial charge in [0.15, 0.2) is 0 Å². The lowest BCUT2D eigenvalue weighted by molar-refractivity contribution is 0.0807. The zero-order valence-electron chi connectivity index (χ0n) is 9.86. The van der Waals surface area contributed by atoms with Crippen molar-refractivity contribution >= 4 is 5.69 Å².